The first kappa shape index (κ1) is 27.7. The van der Waals surface area contributed by atoms with Crippen LogP contribution in [0.25, 0.3) is 0 Å². The van der Waals surface area contributed by atoms with E-state index in [9.17, 15) is 18.0 Å². The molecule has 1 amide bonds. The summed E-state index contributed by atoms with van der Waals surface area (Å²) < 4.78 is 45.5. The lowest BCUT2D eigenvalue weighted by molar-refractivity contribution is -0.137. The summed E-state index contributed by atoms with van der Waals surface area (Å²) in [6.45, 7) is 7.57. The number of halogens is 3. The van der Waals surface area contributed by atoms with Crippen LogP contribution in [0.2, 0.25) is 0 Å². The van der Waals surface area contributed by atoms with Crippen LogP contribution in [0.3, 0.4) is 0 Å². The minimum atomic E-state index is -4.40. The van der Waals surface area contributed by atoms with Crippen LogP contribution in [0, 0.1) is 11.8 Å². The van der Waals surface area contributed by atoms with Gasteiger partial charge in [0.15, 0.2) is 0 Å². The number of piperidine rings is 1. The van der Waals surface area contributed by atoms with E-state index < -0.39 is 11.7 Å². The van der Waals surface area contributed by atoms with Gasteiger partial charge in [0.25, 0.3) is 0 Å². The number of amides is 1. The van der Waals surface area contributed by atoms with E-state index in [0.717, 1.165) is 42.5 Å². The van der Waals surface area contributed by atoms with Gasteiger partial charge < -0.3 is 9.64 Å². The molecule has 0 bridgehead atoms. The Morgan fingerprint density at radius 1 is 0.947 bits per heavy atom. The molecule has 38 heavy (non-hydrogen) atoms. The Morgan fingerprint density at radius 2 is 1.61 bits per heavy atom. The molecule has 1 aliphatic heterocycles. The molecule has 6 heteroatoms. The molecule has 0 N–H and O–H groups in total. The van der Waals surface area contributed by atoms with E-state index in [-0.39, 0.29) is 23.8 Å². The summed E-state index contributed by atoms with van der Waals surface area (Å²) in [7, 11) is 0. The Hall–Kier alpha value is -3.28. The SMILES string of the molecule is CC(C)Cc1ccccc1C(C)C(=O)N1CCCC([C@@H](Oc2ccc(C(F)(F)F)cc2)c2ccccc2)C1. The second-order valence-electron chi connectivity index (χ2n) is 10.7. The summed E-state index contributed by atoms with van der Waals surface area (Å²) in [6.07, 6.45) is -2.15. The zero-order chi connectivity index (χ0) is 27.3. The lowest BCUT2D eigenvalue weighted by Gasteiger charge is -2.38. The van der Waals surface area contributed by atoms with Gasteiger partial charge in [0, 0.05) is 19.0 Å². The standard InChI is InChI=1S/C32H36F3NO2/c1-22(2)20-25-12-7-8-14-29(25)23(3)31(37)36-19-9-13-26(21-36)30(24-10-5-4-6-11-24)38-28-17-15-27(16-18-28)32(33,34)35/h4-8,10-12,14-18,22-23,26,30H,9,13,19-21H2,1-3H3/t23?,26?,30-/m0/s1. The average molecular weight is 524 g/mol. The first-order valence-electron chi connectivity index (χ1n) is 13.4. The fraction of sp³-hybridized carbons (Fsp3) is 0.406. The normalized spacial score (nSPS) is 17.8. The molecule has 1 fully saturated rings. The summed E-state index contributed by atoms with van der Waals surface area (Å²) in [5.41, 5.74) is 2.53. The van der Waals surface area contributed by atoms with E-state index in [1.165, 1.54) is 17.7 Å². The van der Waals surface area contributed by atoms with E-state index in [2.05, 4.69) is 26.0 Å². The third-order valence-corrected chi connectivity index (χ3v) is 7.29. The molecular formula is C32H36F3NO2. The van der Waals surface area contributed by atoms with Crippen LogP contribution in [0.1, 0.15) is 67.9 Å². The van der Waals surface area contributed by atoms with Crippen molar-refractivity contribution in [3.05, 3.63) is 101 Å². The summed E-state index contributed by atoms with van der Waals surface area (Å²) in [5.74, 6) is 0.732. The molecule has 0 aromatic heterocycles. The molecule has 2 unspecified atom stereocenters. The van der Waals surface area contributed by atoms with Crippen LogP contribution in [-0.2, 0) is 17.4 Å². The maximum atomic E-state index is 13.7. The van der Waals surface area contributed by atoms with Gasteiger partial charge in [-0.3, -0.25) is 4.79 Å². The van der Waals surface area contributed by atoms with Gasteiger partial charge in [-0.2, -0.15) is 13.2 Å². The number of nitrogens with zero attached hydrogens (tertiary/aromatic N) is 1. The van der Waals surface area contributed by atoms with Gasteiger partial charge in [-0.25, -0.2) is 0 Å². The van der Waals surface area contributed by atoms with Crippen LogP contribution in [0.15, 0.2) is 78.9 Å². The van der Waals surface area contributed by atoms with Crippen LogP contribution in [0.4, 0.5) is 13.2 Å². The Morgan fingerprint density at radius 3 is 2.26 bits per heavy atom. The van der Waals surface area contributed by atoms with E-state index in [1.54, 1.807) is 0 Å². The first-order valence-corrected chi connectivity index (χ1v) is 13.4. The molecule has 3 aromatic rings. The highest BCUT2D eigenvalue weighted by Gasteiger charge is 2.34. The fourth-order valence-electron chi connectivity index (χ4n) is 5.39. The molecule has 1 aliphatic rings. The molecule has 1 heterocycles. The van der Waals surface area contributed by atoms with E-state index >= 15 is 0 Å². The third kappa shape index (κ3) is 6.77. The Bertz CT molecular complexity index is 1190. The number of likely N-dealkylation sites (tertiary alicyclic amines) is 1. The van der Waals surface area contributed by atoms with Gasteiger partial charge in [0.1, 0.15) is 11.9 Å². The maximum Gasteiger partial charge on any atom is 0.416 e. The molecule has 202 valence electrons. The van der Waals surface area contributed by atoms with Crippen molar-refractivity contribution < 1.29 is 22.7 Å². The van der Waals surface area contributed by atoms with E-state index in [0.29, 0.717) is 24.8 Å². The monoisotopic (exact) mass is 523 g/mol. The van der Waals surface area contributed by atoms with Crippen molar-refractivity contribution in [3.63, 3.8) is 0 Å². The zero-order valence-electron chi connectivity index (χ0n) is 22.2. The van der Waals surface area contributed by atoms with Crippen molar-refractivity contribution in [2.75, 3.05) is 13.1 Å². The van der Waals surface area contributed by atoms with Gasteiger partial charge in [-0.05, 0) is 73.1 Å². The molecule has 0 radical (unpaired) electrons. The number of benzene rings is 3. The Labute approximate surface area is 223 Å². The van der Waals surface area contributed by atoms with Gasteiger partial charge in [-0.15, -0.1) is 0 Å². The predicted octanol–water partition coefficient (Wildman–Crippen LogP) is 8.07. The number of ether oxygens (including phenoxy) is 1. The molecule has 3 atom stereocenters. The van der Waals surface area contributed by atoms with Crippen LogP contribution < -0.4 is 4.74 Å². The molecule has 0 saturated carbocycles. The smallest absolute Gasteiger partial charge is 0.416 e. The van der Waals surface area contributed by atoms with Gasteiger partial charge >= 0.3 is 6.18 Å². The van der Waals surface area contributed by atoms with Crippen LogP contribution in [0.5, 0.6) is 5.75 Å². The van der Waals surface area contributed by atoms with Crippen molar-refractivity contribution in [1.82, 2.24) is 4.90 Å². The lowest BCUT2D eigenvalue weighted by Crippen LogP contribution is -2.44. The number of carbonyl (C=O) groups excluding carboxylic acids is 1. The summed E-state index contributed by atoms with van der Waals surface area (Å²) in [6, 6.07) is 22.8. The topological polar surface area (TPSA) is 29.5 Å². The maximum absolute atomic E-state index is 13.7. The Balaban J connectivity index is 1.54. The van der Waals surface area contributed by atoms with Crippen molar-refractivity contribution >= 4 is 5.91 Å². The average Bonchev–Trinajstić information content (AvgIpc) is 2.91. The molecular weight excluding hydrogens is 487 g/mol. The molecule has 0 aliphatic carbocycles. The number of carbonyl (C=O) groups is 1. The highest BCUT2D eigenvalue weighted by molar-refractivity contribution is 5.84. The number of hydrogen-bond acceptors (Lipinski definition) is 2. The van der Waals surface area contributed by atoms with Crippen LogP contribution in [-0.4, -0.2) is 23.9 Å². The molecule has 1 saturated heterocycles. The molecule has 4 rings (SSSR count). The molecule has 0 spiro atoms. The lowest BCUT2D eigenvalue weighted by atomic mass is 9.86. The largest absolute Gasteiger partial charge is 0.485 e. The molecule has 3 aromatic carbocycles. The van der Waals surface area contributed by atoms with Crippen molar-refractivity contribution in [1.29, 1.82) is 0 Å². The second kappa shape index (κ2) is 12.1. The van der Waals surface area contributed by atoms with Gasteiger partial charge in [0.05, 0.1) is 11.5 Å². The summed E-state index contributed by atoms with van der Waals surface area (Å²) in [5, 5.41) is 0. The van der Waals surface area contributed by atoms with Gasteiger partial charge in [0.2, 0.25) is 5.91 Å². The van der Waals surface area contributed by atoms with Gasteiger partial charge in [-0.1, -0.05) is 68.4 Å². The summed E-state index contributed by atoms with van der Waals surface area (Å²) >= 11 is 0. The Kier molecular flexibility index (Phi) is 8.80. The second-order valence-corrected chi connectivity index (χ2v) is 10.7. The van der Waals surface area contributed by atoms with Crippen LogP contribution >= 0.6 is 0 Å². The third-order valence-electron chi connectivity index (χ3n) is 7.29. The number of alkyl halides is 3. The quantitative estimate of drug-likeness (QED) is 0.299. The molecule has 3 nitrogen and oxygen atoms in total. The minimum Gasteiger partial charge on any atom is -0.485 e. The highest BCUT2D eigenvalue weighted by atomic mass is 19.4. The first-order chi connectivity index (χ1) is 18.1. The van der Waals surface area contributed by atoms with Crippen molar-refractivity contribution in [2.45, 2.75) is 58.2 Å². The van der Waals surface area contributed by atoms with Crippen molar-refractivity contribution in [3.8, 4) is 5.75 Å². The minimum absolute atomic E-state index is 0.00972. The zero-order valence-corrected chi connectivity index (χ0v) is 22.2. The highest BCUT2D eigenvalue weighted by Crippen LogP contribution is 2.37. The predicted molar refractivity (Wildman–Crippen MR) is 144 cm³/mol. The fourth-order valence-corrected chi connectivity index (χ4v) is 5.39. The summed E-state index contributed by atoms with van der Waals surface area (Å²) in [4.78, 5) is 15.7. The van der Waals surface area contributed by atoms with E-state index in [4.69, 9.17) is 4.74 Å². The number of hydrogen-bond donors (Lipinski definition) is 0. The van der Waals surface area contributed by atoms with E-state index in [1.807, 2.05) is 54.3 Å². The number of rotatable bonds is 8. The van der Waals surface area contributed by atoms with Crippen molar-refractivity contribution in [2.24, 2.45) is 11.8 Å².